The van der Waals surface area contributed by atoms with Gasteiger partial charge in [-0.15, -0.1) is 0 Å². The van der Waals surface area contributed by atoms with Crippen molar-refractivity contribution in [2.45, 2.75) is 44.6 Å². The molecule has 0 aromatic carbocycles. The van der Waals surface area contributed by atoms with Crippen LogP contribution in [0.4, 0.5) is 0 Å². The maximum atomic E-state index is 13.3. The number of aryl methyl sites for hydroxylation is 2. The van der Waals surface area contributed by atoms with Gasteiger partial charge >= 0.3 is 0 Å². The number of aromatic nitrogens is 1. The second-order valence-corrected chi connectivity index (χ2v) is 7.52. The van der Waals surface area contributed by atoms with E-state index in [1.807, 2.05) is 11.0 Å². The van der Waals surface area contributed by atoms with Gasteiger partial charge in [-0.2, -0.15) is 0 Å². The summed E-state index contributed by atoms with van der Waals surface area (Å²) in [5, 5.41) is 0. The Bertz CT molecular complexity index is 730. The Hall–Kier alpha value is -2.15. The number of nitrogens with zero attached hydrogens (tertiary/aromatic N) is 3. The summed E-state index contributed by atoms with van der Waals surface area (Å²) in [7, 11) is 1.55. The molecular formula is C20H27N3O4. The van der Waals surface area contributed by atoms with Crippen molar-refractivity contribution in [1.82, 2.24) is 14.8 Å². The number of carbonyl (C=O) groups excluding carboxylic acids is 2. The third-order valence-corrected chi connectivity index (χ3v) is 5.80. The lowest BCUT2D eigenvalue weighted by molar-refractivity contribution is -0.132. The third-order valence-electron chi connectivity index (χ3n) is 5.80. The van der Waals surface area contributed by atoms with Gasteiger partial charge in [0.25, 0.3) is 5.91 Å². The van der Waals surface area contributed by atoms with Crippen molar-refractivity contribution in [3.05, 3.63) is 22.9 Å². The van der Waals surface area contributed by atoms with E-state index in [0.29, 0.717) is 37.6 Å². The molecule has 0 N–H and O–H groups in total. The maximum absolute atomic E-state index is 13.3. The molecule has 7 nitrogen and oxygen atoms in total. The van der Waals surface area contributed by atoms with Crippen LogP contribution in [0.5, 0.6) is 5.88 Å². The van der Waals surface area contributed by atoms with Crippen molar-refractivity contribution in [3.63, 3.8) is 0 Å². The van der Waals surface area contributed by atoms with E-state index in [-0.39, 0.29) is 17.9 Å². The highest BCUT2D eigenvalue weighted by atomic mass is 16.5. The lowest BCUT2D eigenvalue weighted by atomic mass is 10.1. The van der Waals surface area contributed by atoms with Gasteiger partial charge in [0.05, 0.1) is 26.4 Å². The van der Waals surface area contributed by atoms with Crippen molar-refractivity contribution in [2.24, 2.45) is 0 Å². The molecule has 27 heavy (non-hydrogen) atoms. The number of rotatable bonds is 4. The minimum absolute atomic E-state index is 0.111. The molecule has 1 aromatic rings. The van der Waals surface area contributed by atoms with Crippen molar-refractivity contribution in [1.29, 1.82) is 0 Å². The predicted molar refractivity (Wildman–Crippen MR) is 98.9 cm³/mol. The van der Waals surface area contributed by atoms with Gasteiger partial charge in [-0.25, -0.2) is 4.98 Å². The van der Waals surface area contributed by atoms with Crippen LogP contribution in [0.3, 0.4) is 0 Å². The number of hydrogen-bond donors (Lipinski definition) is 0. The molecule has 3 heterocycles. The molecule has 2 saturated heterocycles. The van der Waals surface area contributed by atoms with Gasteiger partial charge in [0.1, 0.15) is 5.56 Å². The van der Waals surface area contributed by atoms with E-state index in [1.165, 1.54) is 0 Å². The van der Waals surface area contributed by atoms with Gasteiger partial charge in [-0.05, 0) is 43.7 Å². The monoisotopic (exact) mass is 373 g/mol. The normalized spacial score (nSPS) is 22.0. The smallest absolute Gasteiger partial charge is 0.259 e. The van der Waals surface area contributed by atoms with Crippen LogP contribution in [0, 0.1) is 0 Å². The van der Waals surface area contributed by atoms with Gasteiger partial charge < -0.3 is 19.3 Å². The number of amides is 2. The van der Waals surface area contributed by atoms with Gasteiger partial charge in [-0.3, -0.25) is 9.59 Å². The number of likely N-dealkylation sites (tertiary alicyclic amines) is 1. The Labute approximate surface area is 159 Å². The standard InChI is InChI=1S/C20H27N3O4/c1-26-19-16(11-14-5-4-6-17(14)21-19)20(25)23-9-10-27-13-15(23)12-18(24)22-7-2-3-8-22/h11,15H,2-10,12-13H2,1H3/t15-/m1/s1. The zero-order chi connectivity index (χ0) is 18.8. The highest BCUT2D eigenvalue weighted by Gasteiger charge is 2.33. The zero-order valence-electron chi connectivity index (χ0n) is 15.9. The van der Waals surface area contributed by atoms with E-state index in [1.54, 1.807) is 12.0 Å². The molecule has 0 unspecified atom stereocenters. The fourth-order valence-electron chi connectivity index (χ4n) is 4.31. The Morgan fingerprint density at radius 3 is 2.81 bits per heavy atom. The molecule has 2 amide bonds. The first-order valence-corrected chi connectivity index (χ1v) is 9.90. The molecule has 1 aliphatic carbocycles. The molecule has 0 radical (unpaired) electrons. The third kappa shape index (κ3) is 3.65. The fraction of sp³-hybridized carbons (Fsp3) is 0.650. The van der Waals surface area contributed by atoms with Crippen molar-refractivity contribution in [3.8, 4) is 5.88 Å². The fourth-order valence-corrected chi connectivity index (χ4v) is 4.31. The van der Waals surface area contributed by atoms with Gasteiger partial charge in [0, 0.05) is 31.7 Å². The molecule has 146 valence electrons. The molecule has 7 heteroatoms. The Morgan fingerprint density at radius 1 is 1.22 bits per heavy atom. The highest BCUT2D eigenvalue weighted by molar-refractivity contribution is 5.97. The predicted octanol–water partition coefficient (Wildman–Crippen LogP) is 1.43. The van der Waals surface area contributed by atoms with Crippen LogP contribution < -0.4 is 4.74 Å². The summed E-state index contributed by atoms with van der Waals surface area (Å²) < 4.78 is 11.0. The molecule has 1 atom stereocenters. The van der Waals surface area contributed by atoms with Crippen LogP contribution in [0.2, 0.25) is 0 Å². The minimum Gasteiger partial charge on any atom is -0.480 e. The van der Waals surface area contributed by atoms with Gasteiger partial charge in [0.15, 0.2) is 0 Å². The molecule has 0 saturated carbocycles. The van der Waals surface area contributed by atoms with Crippen molar-refractivity contribution >= 4 is 11.8 Å². The average molecular weight is 373 g/mol. The molecule has 3 aliphatic rings. The van der Waals surface area contributed by atoms with Gasteiger partial charge in [0.2, 0.25) is 11.8 Å². The topological polar surface area (TPSA) is 72.0 Å². The number of fused-ring (bicyclic) bond motifs is 1. The molecule has 0 spiro atoms. The number of carbonyl (C=O) groups is 2. The van der Waals surface area contributed by atoms with Crippen LogP contribution in [0.1, 0.15) is 47.3 Å². The Kier molecular flexibility index (Phi) is 5.29. The molecular weight excluding hydrogens is 346 g/mol. The number of hydrogen-bond acceptors (Lipinski definition) is 5. The number of methoxy groups -OCH3 is 1. The first kappa shape index (κ1) is 18.2. The largest absolute Gasteiger partial charge is 0.480 e. The van der Waals surface area contributed by atoms with E-state index in [0.717, 1.165) is 56.5 Å². The van der Waals surface area contributed by atoms with Crippen LogP contribution in [0.25, 0.3) is 0 Å². The molecule has 2 fully saturated rings. The van der Waals surface area contributed by atoms with Gasteiger partial charge in [-0.1, -0.05) is 0 Å². The molecule has 2 aliphatic heterocycles. The second kappa shape index (κ2) is 7.84. The van der Waals surface area contributed by atoms with Crippen LogP contribution in [-0.4, -0.2) is 72.6 Å². The van der Waals surface area contributed by atoms with Crippen LogP contribution in [0.15, 0.2) is 6.07 Å². The van der Waals surface area contributed by atoms with E-state index in [4.69, 9.17) is 9.47 Å². The van der Waals surface area contributed by atoms with E-state index in [9.17, 15) is 9.59 Å². The van der Waals surface area contributed by atoms with E-state index >= 15 is 0 Å². The summed E-state index contributed by atoms with van der Waals surface area (Å²) in [6.45, 7) is 3.01. The molecule has 0 bridgehead atoms. The Morgan fingerprint density at radius 2 is 2.04 bits per heavy atom. The lowest BCUT2D eigenvalue weighted by Crippen LogP contribution is -2.50. The van der Waals surface area contributed by atoms with E-state index < -0.39 is 0 Å². The second-order valence-electron chi connectivity index (χ2n) is 7.52. The average Bonchev–Trinajstić information content (AvgIpc) is 3.38. The summed E-state index contributed by atoms with van der Waals surface area (Å²) in [4.78, 5) is 34.1. The summed E-state index contributed by atoms with van der Waals surface area (Å²) in [5.74, 6) is 0.383. The molecule has 1 aromatic heterocycles. The minimum atomic E-state index is -0.239. The van der Waals surface area contributed by atoms with E-state index in [2.05, 4.69) is 4.98 Å². The SMILES string of the molecule is COc1nc2c(cc1C(=O)N1CCOC[C@H]1CC(=O)N1CCCC1)CCC2. The Balaban J connectivity index is 1.54. The van der Waals surface area contributed by atoms with Crippen molar-refractivity contribution in [2.75, 3.05) is 40.0 Å². The first-order valence-electron chi connectivity index (χ1n) is 9.90. The first-order chi connectivity index (χ1) is 13.2. The number of pyridine rings is 1. The summed E-state index contributed by atoms with van der Waals surface area (Å²) in [5.41, 5.74) is 2.67. The summed E-state index contributed by atoms with van der Waals surface area (Å²) in [6, 6.07) is 1.70. The van der Waals surface area contributed by atoms with Crippen molar-refractivity contribution < 1.29 is 19.1 Å². The number of morpholine rings is 1. The summed E-state index contributed by atoms with van der Waals surface area (Å²) >= 11 is 0. The summed E-state index contributed by atoms with van der Waals surface area (Å²) in [6.07, 6.45) is 5.39. The zero-order valence-corrected chi connectivity index (χ0v) is 15.9. The quantitative estimate of drug-likeness (QED) is 0.798. The highest BCUT2D eigenvalue weighted by Crippen LogP contribution is 2.28. The van der Waals surface area contributed by atoms with Crippen LogP contribution >= 0.6 is 0 Å². The maximum Gasteiger partial charge on any atom is 0.259 e. The van der Waals surface area contributed by atoms with Crippen LogP contribution in [-0.2, 0) is 22.4 Å². The number of ether oxygens (including phenoxy) is 2. The molecule has 4 rings (SSSR count). The lowest BCUT2D eigenvalue weighted by Gasteiger charge is -2.36.